The summed E-state index contributed by atoms with van der Waals surface area (Å²) in [6.07, 6.45) is -0.619. The second-order valence-corrected chi connectivity index (χ2v) is 32.4. The molecule has 0 unspecified atom stereocenters. The molecule has 11 atom stereocenters. The highest BCUT2D eigenvalue weighted by Crippen LogP contribution is 2.35. The van der Waals surface area contributed by atoms with Crippen LogP contribution < -0.4 is 42.5 Å². The zero-order valence-corrected chi connectivity index (χ0v) is 64.8. The maximum Gasteiger partial charge on any atom is 0.322 e. The number of H-pyrrole nitrogens is 1. The zero-order chi connectivity index (χ0) is 79.8. The number of rotatable bonds is 16. The molecule has 4 aromatic carbocycles. The molecule has 3 heterocycles. The van der Waals surface area contributed by atoms with E-state index in [4.69, 9.17) is 34.8 Å². The normalized spacial score (nSPS) is 23.8. The number of para-hydroxylation sites is 1. The van der Waals surface area contributed by atoms with E-state index in [1.807, 2.05) is 20.8 Å². The molecule has 7 rings (SSSR count). The molecule has 108 heavy (non-hydrogen) atoms. The Hall–Kier alpha value is -9.24. The average Bonchev–Trinajstić information content (AvgIpc) is 1.07. The number of aromatic amines is 1. The fourth-order valence-corrected chi connectivity index (χ4v) is 14.4. The van der Waals surface area contributed by atoms with E-state index in [2.05, 4.69) is 47.5 Å². The number of likely N-dealkylation sites (tertiary alicyclic amines) is 1. The molecule has 34 heteroatoms. The summed E-state index contributed by atoms with van der Waals surface area (Å²) in [6.45, 7) is 7.94. The highest BCUT2D eigenvalue weighted by atomic mass is 35.5. The summed E-state index contributed by atoms with van der Waals surface area (Å²) in [4.78, 5) is 186. The number of nitrogens with zero attached hydrogens (tertiary/aromatic N) is 4. The van der Waals surface area contributed by atoms with Crippen molar-refractivity contribution in [3.8, 4) is 0 Å². The summed E-state index contributed by atoms with van der Waals surface area (Å²) in [6, 6.07) is 5.62. The van der Waals surface area contributed by atoms with Crippen molar-refractivity contribution in [1.82, 2.24) is 67.1 Å². The van der Waals surface area contributed by atoms with Crippen molar-refractivity contribution in [2.75, 3.05) is 59.5 Å². The molecule has 2 aliphatic rings. The number of imide groups is 1. The number of fused-ring (bicyclic) bond motifs is 1. The van der Waals surface area contributed by atoms with Crippen LogP contribution in [0.5, 0.6) is 0 Å². The first-order valence-corrected chi connectivity index (χ1v) is 38.4. The average molecular weight is 1580 g/mol. The predicted molar refractivity (Wildman–Crippen MR) is 403 cm³/mol. The Morgan fingerprint density at radius 1 is 0.546 bits per heavy atom. The second-order valence-electron chi connectivity index (χ2n) is 28.8. The fraction of sp³-hybridized carbons (Fsp3) is 0.486. The number of piperidine rings is 1. The van der Waals surface area contributed by atoms with Crippen LogP contribution in [0.3, 0.4) is 0 Å². The number of urea groups is 1. The van der Waals surface area contributed by atoms with Gasteiger partial charge in [-0.25, -0.2) is 13.2 Å². The minimum absolute atomic E-state index is 0.0694. The number of hydrogen-bond donors (Lipinski definition) is 12. The Morgan fingerprint density at radius 3 is 1.65 bits per heavy atom. The van der Waals surface area contributed by atoms with Gasteiger partial charge in [0.25, 0.3) is 17.7 Å². The minimum atomic E-state index is -3.97. The van der Waals surface area contributed by atoms with Gasteiger partial charge in [-0.15, -0.1) is 0 Å². The second kappa shape index (κ2) is 38.2. The number of benzene rings is 4. The molecule has 13 amide bonds. The number of carbonyl (C=O) groups excluding carboxylic acids is 12. The maximum absolute atomic E-state index is 15.6. The first-order valence-electron chi connectivity index (χ1n) is 35.2. The lowest BCUT2D eigenvalue weighted by Crippen LogP contribution is -2.65. The van der Waals surface area contributed by atoms with Crippen molar-refractivity contribution >= 4 is 127 Å². The van der Waals surface area contributed by atoms with E-state index in [1.54, 1.807) is 60.8 Å². The van der Waals surface area contributed by atoms with Crippen molar-refractivity contribution in [2.45, 2.75) is 153 Å². The Bertz CT molecular complexity index is 4230. The monoisotopic (exact) mass is 1580 g/mol. The summed E-state index contributed by atoms with van der Waals surface area (Å²) in [5.74, 6) is -14.3. The van der Waals surface area contributed by atoms with E-state index in [0.717, 1.165) is 37.1 Å². The van der Waals surface area contributed by atoms with Gasteiger partial charge in [-0.1, -0.05) is 124 Å². The van der Waals surface area contributed by atoms with Crippen LogP contribution in [0.1, 0.15) is 83.1 Å². The van der Waals surface area contributed by atoms with E-state index in [1.165, 1.54) is 68.3 Å². The van der Waals surface area contributed by atoms with Gasteiger partial charge in [0.05, 0.1) is 25.1 Å². The van der Waals surface area contributed by atoms with Gasteiger partial charge in [0, 0.05) is 98.3 Å². The first-order chi connectivity index (χ1) is 50.8. The van der Waals surface area contributed by atoms with Crippen LogP contribution in [0.4, 0.5) is 4.79 Å². The van der Waals surface area contributed by atoms with Gasteiger partial charge in [-0.3, -0.25) is 58.1 Å². The molecular formula is C74H96Cl3N13O17S. The highest BCUT2D eigenvalue weighted by molar-refractivity contribution is 7.90. The Kier molecular flexibility index (Phi) is 30.4. The number of sulfone groups is 1. The van der Waals surface area contributed by atoms with Gasteiger partial charge in [-0.2, -0.15) is 0 Å². The third kappa shape index (κ3) is 23.4. The number of likely N-dealkylation sites (N-methyl/N-ethyl adjacent to an activating group) is 3. The van der Waals surface area contributed by atoms with E-state index < -0.39 is 185 Å². The Labute approximate surface area is 641 Å². The summed E-state index contributed by atoms with van der Waals surface area (Å²) in [7, 11) is -0.560. The molecule has 2 saturated heterocycles. The van der Waals surface area contributed by atoms with E-state index in [0.29, 0.717) is 55.9 Å². The Morgan fingerprint density at radius 2 is 1.08 bits per heavy atom. The number of aliphatic hydroxyl groups excluding tert-OH is 3. The number of nitrogens with one attached hydrogen (secondary N) is 9. The molecule has 1 aromatic heterocycles. The van der Waals surface area contributed by atoms with Crippen LogP contribution in [0.2, 0.25) is 15.1 Å². The van der Waals surface area contributed by atoms with Gasteiger partial charge in [0.1, 0.15) is 64.2 Å². The zero-order valence-electron chi connectivity index (χ0n) is 61.7. The number of aliphatic hydroxyl groups is 3. The van der Waals surface area contributed by atoms with Crippen LogP contribution >= 0.6 is 34.8 Å². The SMILES string of the molecule is CC(C)[C@H]1C(=O)NC(=O)N[C@@H](Cc2c[nH]c3ccccc23)C(=O)N[C@@H](Cc2cccc(Cl)c2)C(=O)N(C)[C@@H](Cc2ccc(Cl)cc2)C(=O)N[C@@H]([C@@H](C)O)C(=O)N[C@@H](Cc2cccc(Cl)c2)C(=O)N[C@H](C(=O)N2CCC(C(C)(C)C)CC2)C(=O)N[C@@H](CO)C(=O)N[C@@H](CCS(C)(=O)=O)C(=O)N(C)[C@@H](CO)C(=O)N1C. The molecule has 5 aromatic rings. The van der Waals surface area contributed by atoms with Crippen LogP contribution in [0, 0.1) is 17.3 Å². The molecule has 0 spiro atoms. The van der Waals surface area contributed by atoms with Gasteiger partial charge >= 0.3 is 6.03 Å². The summed E-state index contributed by atoms with van der Waals surface area (Å²) in [5, 5.41) is 54.3. The molecule has 2 fully saturated rings. The van der Waals surface area contributed by atoms with Crippen LogP contribution in [0.25, 0.3) is 10.9 Å². The fourth-order valence-electron chi connectivity index (χ4n) is 13.2. The molecule has 0 aliphatic carbocycles. The Balaban J connectivity index is 1.38. The molecule has 12 N–H and O–H groups in total. The third-order valence-corrected chi connectivity index (χ3v) is 21.1. The molecular weight excluding hydrogens is 1480 g/mol. The largest absolute Gasteiger partial charge is 0.394 e. The summed E-state index contributed by atoms with van der Waals surface area (Å²) < 4.78 is 25.5. The number of aromatic nitrogens is 1. The molecule has 0 bridgehead atoms. The lowest BCUT2D eigenvalue weighted by atomic mass is 9.75. The number of hydrogen-bond acceptors (Lipinski definition) is 17. The summed E-state index contributed by atoms with van der Waals surface area (Å²) >= 11 is 19.3. The third-order valence-electron chi connectivity index (χ3n) is 19.4. The van der Waals surface area contributed by atoms with Crippen molar-refractivity contribution in [3.63, 3.8) is 0 Å². The quantitative estimate of drug-likeness (QED) is 0.0626. The van der Waals surface area contributed by atoms with Crippen molar-refractivity contribution in [1.29, 1.82) is 0 Å². The topological polar surface area (TPSA) is 425 Å². The molecule has 2 aliphatic heterocycles. The van der Waals surface area contributed by atoms with Gasteiger partial charge < -0.3 is 77.1 Å². The van der Waals surface area contributed by atoms with E-state index >= 15 is 24.0 Å². The minimum Gasteiger partial charge on any atom is -0.394 e. The molecule has 30 nitrogen and oxygen atoms in total. The van der Waals surface area contributed by atoms with Gasteiger partial charge in [0.15, 0.2) is 6.04 Å². The lowest BCUT2D eigenvalue weighted by Gasteiger charge is -2.39. The predicted octanol–water partition coefficient (Wildman–Crippen LogP) is 1.74. The van der Waals surface area contributed by atoms with Crippen molar-refractivity contribution in [3.05, 3.63) is 141 Å². The van der Waals surface area contributed by atoms with Crippen LogP contribution in [0.15, 0.2) is 103 Å². The van der Waals surface area contributed by atoms with Crippen molar-refractivity contribution in [2.24, 2.45) is 17.3 Å². The molecule has 586 valence electrons. The standard InChI is InChI=1S/C74H96Cl3N13O17S/c1-40(2)61-68(100)86-73(105)83-54(36-45-37-78-51-20-12-11-19-50(45)51)62(94)81-55(34-44-16-14-18-49(77)32-44)70(102)87(7)57(35-42-21-23-47(75)24-22-42)65(97)84-59(41(3)93)66(98)80-53(33-43-15-13-17-48(76)31-43)63(95)85-60(72(104)90-28-25-46(26-29-90)74(4,5)6)67(99)82-56(38-91)64(96)79-52(27-30-108(10,106)107)69(101)88(8)58(39-92)71(103)89(61)9/h11-24,31-32,37,40-41,46,52-61,78,91-93H,25-30,33-36,38-39H2,1-10H3,(H,79,96)(H,80,98)(H,81,94)(H,82,99)(H,84,97)(H,85,95)(H2,83,86,100,105)/t41-,52+,53+,54+,55+,56+,57+,58+,59+,60+,61+/m1/s1. The van der Waals surface area contributed by atoms with Crippen LogP contribution in [-0.4, -0.2) is 245 Å². The maximum atomic E-state index is 15.6. The molecule has 0 saturated carbocycles. The first kappa shape index (κ1) is 86.0. The van der Waals surface area contributed by atoms with Gasteiger partial charge in [-0.05, 0) is 108 Å². The highest BCUT2D eigenvalue weighted by Gasteiger charge is 2.44. The number of halogens is 3. The van der Waals surface area contributed by atoms with Crippen LogP contribution in [-0.2, 0) is 88.3 Å². The van der Waals surface area contributed by atoms with Crippen molar-refractivity contribution < 1.29 is 81.3 Å². The van der Waals surface area contributed by atoms with Gasteiger partial charge in [0.2, 0.25) is 47.3 Å². The smallest absolute Gasteiger partial charge is 0.322 e. The summed E-state index contributed by atoms with van der Waals surface area (Å²) in [5.41, 5.74) is 2.00. The lowest BCUT2D eigenvalue weighted by molar-refractivity contribution is -0.151. The van der Waals surface area contributed by atoms with E-state index in [9.17, 15) is 57.3 Å². The molecule has 0 radical (unpaired) electrons. The number of amides is 13. The van der Waals surface area contributed by atoms with E-state index in [-0.39, 0.29) is 53.7 Å². The number of carbonyl (C=O) groups is 12.